The highest BCUT2D eigenvalue weighted by atomic mass is 32.2. The van der Waals surface area contributed by atoms with E-state index in [1.165, 1.54) is 4.90 Å². The molecule has 0 saturated carbocycles. The average Bonchev–Trinajstić information content (AvgIpc) is 2.77. The summed E-state index contributed by atoms with van der Waals surface area (Å²) in [6.45, 7) is 0.254. The number of nitrogens with zero attached hydrogens (tertiary/aromatic N) is 1. The van der Waals surface area contributed by atoms with Gasteiger partial charge in [-0.3, -0.25) is 9.69 Å². The lowest BCUT2D eigenvalue weighted by molar-refractivity contribution is -0.153. The maximum atomic E-state index is 13.3. The first-order chi connectivity index (χ1) is 14.1. The average molecular weight is 410 g/mol. The van der Waals surface area contributed by atoms with Crippen molar-refractivity contribution in [2.24, 2.45) is 5.73 Å². The number of hydrogen-bond acceptors (Lipinski definition) is 6. The molecular formula is C22H22N2O4S. The molecule has 7 heteroatoms. The van der Waals surface area contributed by atoms with Crippen LogP contribution in [-0.4, -0.2) is 47.7 Å². The molecule has 2 aromatic carbocycles. The van der Waals surface area contributed by atoms with E-state index >= 15 is 0 Å². The third-order valence-corrected chi connectivity index (χ3v) is 6.39. The predicted molar refractivity (Wildman–Crippen MR) is 111 cm³/mol. The maximum Gasteiger partial charge on any atom is 0.356 e. The summed E-state index contributed by atoms with van der Waals surface area (Å²) in [5, 5.41) is -0.238. The summed E-state index contributed by atoms with van der Waals surface area (Å²) >= 11 is 1.54. The minimum Gasteiger partial charge on any atom is -0.448 e. The Bertz CT molecular complexity index is 893. The van der Waals surface area contributed by atoms with Gasteiger partial charge in [-0.15, -0.1) is 11.8 Å². The Morgan fingerprint density at radius 3 is 2.28 bits per heavy atom. The summed E-state index contributed by atoms with van der Waals surface area (Å²) in [6.07, 6.45) is -0.584. The number of amides is 1. The van der Waals surface area contributed by atoms with Crippen LogP contribution in [0.2, 0.25) is 0 Å². The van der Waals surface area contributed by atoms with Crippen LogP contribution < -0.4 is 5.73 Å². The van der Waals surface area contributed by atoms with Crippen molar-refractivity contribution in [1.82, 2.24) is 4.90 Å². The first kappa shape index (κ1) is 19.7. The van der Waals surface area contributed by atoms with Crippen molar-refractivity contribution >= 4 is 23.6 Å². The molecule has 2 atom stereocenters. The number of fused-ring (bicyclic) bond motifs is 1. The van der Waals surface area contributed by atoms with Crippen LogP contribution in [0, 0.1) is 0 Å². The molecule has 29 heavy (non-hydrogen) atoms. The highest BCUT2D eigenvalue weighted by molar-refractivity contribution is 8.00. The van der Waals surface area contributed by atoms with Crippen LogP contribution >= 0.6 is 11.8 Å². The van der Waals surface area contributed by atoms with Crippen LogP contribution in [0.1, 0.15) is 17.2 Å². The number of methoxy groups -OCH3 is 1. The third-order valence-electron chi connectivity index (χ3n) is 5.03. The van der Waals surface area contributed by atoms with Gasteiger partial charge in [0.05, 0.1) is 6.61 Å². The first-order valence-electron chi connectivity index (χ1n) is 9.34. The summed E-state index contributed by atoms with van der Waals surface area (Å²) in [7, 11) is 1.56. The minimum atomic E-state index is -0.592. The van der Waals surface area contributed by atoms with Gasteiger partial charge in [-0.1, -0.05) is 60.7 Å². The molecule has 1 saturated heterocycles. The van der Waals surface area contributed by atoms with Crippen molar-refractivity contribution in [2.75, 3.05) is 19.5 Å². The van der Waals surface area contributed by atoms with E-state index in [0.29, 0.717) is 5.75 Å². The van der Waals surface area contributed by atoms with E-state index in [0.717, 1.165) is 16.7 Å². The van der Waals surface area contributed by atoms with E-state index in [9.17, 15) is 9.59 Å². The Hall–Kier alpha value is -2.61. The summed E-state index contributed by atoms with van der Waals surface area (Å²) in [5.74, 6) is -0.235. The molecular weight excluding hydrogens is 388 g/mol. The van der Waals surface area contributed by atoms with Crippen molar-refractivity contribution in [3.8, 4) is 0 Å². The molecule has 2 N–H and O–H groups in total. The number of carbonyl (C=O) groups excluding carboxylic acids is 2. The van der Waals surface area contributed by atoms with Gasteiger partial charge in [-0.25, -0.2) is 4.79 Å². The zero-order valence-electron chi connectivity index (χ0n) is 16.0. The molecule has 150 valence electrons. The van der Waals surface area contributed by atoms with Crippen molar-refractivity contribution in [3.05, 3.63) is 83.1 Å². The highest BCUT2D eigenvalue weighted by Gasteiger charge is 2.52. The topological polar surface area (TPSA) is 81.9 Å². The molecule has 2 aromatic rings. The number of thioether (sulfide) groups is 1. The van der Waals surface area contributed by atoms with Crippen molar-refractivity contribution in [1.29, 1.82) is 0 Å². The van der Waals surface area contributed by atoms with Gasteiger partial charge in [0.25, 0.3) is 0 Å². The summed E-state index contributed by atoms with van der Waals surface area (Å²) in [6, 6.07) is 18.5. The highest BCUT2D eigenvalue weighted by Crippen LogP contribution is 2.40. The fourth-order valence-electron chi connectivity index (χ4n) is 3.60. The SMILES string of the molecule is COCC1=C(C(=O)OC(c2ccccc2)c2ccccc2)N2C(=O)C(N)[C@@H]2SC1. The lowest BCUT2D eigenvalue weighted by Crippen LogP contribution is -2.68. The fraction of sp³-hybridized carbons (Fsp3) is 0.273. The number of carbonyl (C=O) groups is 2. The van der Waals surface area contributed by atoms with Crippen LogP contribution in [0.15, 0.2) is 71.9 Å². The van der Waals surface area contributed by atoms with Gasteiger partial charge in [0.2, 0.25) is 5.91 Å². The van der Waals surface area contributed by atoms with Crippen molar-refractivity contribution in [2.45, 2.75) is 17.5 Å². The Labute approximate surface area is 173 Å². The van der Waals surface area contributed by atoms with Gasteiger partial charge in [-0.2, -0.15) is 0 Å². The Balaban J connectivity index is 1.68. The number of esters is 1. The van der Waals surface area contributed by atoms with E-state index < -0.39 is 18.1 Å². The molecule has 0 radical (unpaired) electrons. The van der Waals surface area contributed by atoms with Crippen molar-refractivity contribution in [3.63, 3.8) is 0 Å². The predicted octanol–water partition coefficient (Wildman–Crippen LogP) is 2.46. The van der Waals surface area contributed by atoms with E-state index in [1.807, 2.05) is 60.7 Å². The fourth-order valence-corrected chi connectivity index (χ4v) is 4.87. The number of hydrogen-bond donors (Lipinski definition) is 1. The number of benzene rings is 2. The molecule has 0 aromatic heterocycles. The van der Waals surface area contributed by atoms with E-state index in [-0.39, 0.29) is 23.6 Å². The van der Waals surface area contributed by atoms with Crippen LogP contribution in [0.5, 0.6) is 0 Å². The van der Waals surface area contributed by atoms with Crippen LogP contribution in [0.3, 0.4) is 0 Å². The van der Waals surface area contributed by atoms with Gasteiger partial charge in [0.15, 0.2) is 6.10 Å². The molecule has 2 heterocycles. The molecule has 1 unspecified atom stereocenters. The Kier molecular flexibility index (Phi) is 5.71. The number of ether oxygens (including phenoxy) is 2. The van der Waals surface area contributed by atoms with Crippen LogP contribution in [0.4, 0.5) is 0 Å². The molecule has 0 spiro atoms. The smallest absolute Gasteiger partial charge is 0.356 e. The van der Waals surface area contributed by atoms with Gasteiger partial charge >= 0.3 is 5.97 Å². The van der Waals surface area contributed by atoms with Crippen LogP contribution in [-0.2, 0) is 19.1 Å². The lowest BCUT2D eigenvalue weighted by atomic mass is 10.0. The van der Waals surface area contributed by atoms with E-state index in [2.05, 4.69) is 0 Å². The second-order valence-electron chi connectivity index (χ2n) is 6.93. The number of nitrogens with two attached hydrogens (primary N) is 1. The lowest BCUT2D eigenvalue weighted by Gasteiger charge is -2.48. The molecule has 2 aliphatic heterocycles. The summed E-state index contributed by atoms with van der Waals surface area (Å²) < 4.78 is 11.2. The Morgan fingerprint density at radius 1 is 1.14 bits per heavy atom. The number of β-lactam (4-membered cyclic amide) rings is 1. The maximum absolute atomic E-state index is 13.3. The normalized spacial score (nSPS) is 21.1. The monoisotopic (exact) mass is 410 g/mol. The largest absolute Gasteiger partial charge is 0.448 e. The molecule has 4 rings (SSSR count). The molecule has 2 aliphatic rings. The molecule has 0 aliphatic carbocycles. The van der Waals surface area contributed by atoms with Gasteiger partial charge in [0.1, 0.15) is 17.1 Å². The van der Waals surface area contributed by atoms with Gasteiger partial charge in [-0.05, 0) is 16.7 Å². The van der Waals surface area contributed by atoms with Crippen LogP contribution in [0.25, 0.3) is 0 Å². The third kappa shape index (κ3) is 3.69. The second kappa shape index (κ2) is 8.41. The second-order valence-corrected chi connectivity index (χ2v) is 8.03. The number of rotatable bonds is 6. The zero-order valence-corrected chi connectivity index (χ0v) is 16.8. The molecule has 1 fully saturated rings. The van der Waals surface area contributed by atoms with Gasteiger partial charge in [0, 0.05) is 12.9 Å². The van der Waals surface area contributed by atoms with Gasteiger partial charge < -0.3 is 15.2 Å². The van der Waals surface area contributed by atoms with E-state index in [1.54, 1.807) is 18.9 Å². The molecule has 6 nitrogen and oxygen atoms in total. The summed E-state index contributed by atoms with van der Waals surface area (Å²) in [5.41, 5.74) is 8.63. The minimum absolute atomic E-state index is 0.238. The first-order valence-corrected chi connectivity index (χ1v) is 10.4. The quantitative estimate of drug-likeness (QED) is 0.582. The Morgan fingerprint density at radius 2 is 1.72 bits per heavy atom. The van der Waals surface area contributed by atoms with E-state index in [4.69, 9.17) is 15.2 Å². The van der Waals surface area contributed by atoms with Crippen molar-refractivity contribution < 1.29 is 19.1 Å². The standard InChI is InChI=1S/C22H22N2O4S/c1-27-12-16-13-29-21-17(23)20(25)24(21)18(16)22(26)28-19(14-8-4-2-5-9-14)15-10-6-3-7-11-15/h2-11,17,19,21H,12-13,23H2,1H3/t17?,21-/m0/s1. The molecule has 0 bridgehead atoms. The zero-order chi connectivity index (χ0) is 20.4. The molecule has 1 amide bonds. The summed E-state index contributed by atoms with van der Waals surface area (Å²) in [4.78, 5) is 27.2.